The van der Waals surface area contributed by atoms with Crippen molar-refractivity contribution >= 4 is 21.9 Å². The first-order valence-electron chi connectivity index (χ1n) is 7.98. The molecule has 0 amide bonds. The number of hydrogen-bond acceptors (Lipinski definition) is 5. The Bertz CT molecular complexity index is 849. The molecule has 1 atom stereocenters. The third kappa shape index (κ3) is 4.14. The summed E-state index contributed by atoms with van der Waals surface area (Å²) in [6.45, 7) is 1.91. The van der Waals surface area contributed by atoms with Crippen LogP contribution in [0.4, 0.5) is 0 Å². The molecule has 3 aromatic rings. The van der Waals surface area contributed by atoms with Gasteiger partial charge in [0.25, 0.3) is 5.89 Å². The number of esters is 1. The second-order valence-electron chi connectivity index (χ2n) is 5.46. The molecule has 0 N–H and O–H groups in total. The highest BCUT2D eigenvalue weighted by Crippen LogP contribution is 2.27. The Hall–Kier alpha value is -2.47. The van der Waals surface area contributed by atoms with Crippen molar-refractivity contribution in [3.05, 3.63) is 70.5 Å². The molecule has 0 unspecified atom stereocenters. The number of ether oxygens (including phenoxy) is 1. The Balaban J connectivity index is 1.66. The van der Waals surface area contributed by atoms with Crippen LogP contribution < -0.4 is 0 Å². The lowest BCUT2D eigenvalue weighted by Crippen LogP contribution is -2.15. The SMILES string of the molecule is CC[C@@H](C(=O)OCc1nnc(-c2ccccc2Br)o1)c1ccccc1. The normalized spacial score (nSPS) is 11.9. The Morgan fingerprint density at radius 3 is 2.56 bits per heavy atom. The van der Waals surface area contributed by atoms with Crippen LogP contribution in [0.3, 0.4) is 0 Å². The summed E-state index contributed by atoms with van der Waals surface area (Å²) >= 11 is 3.45. The second kappa shape index (κ2) is 8.07. The molecular formula is C19H17BrN2O3. The molecule has 1 aromatic heterocycles. The first-order chi connectivity index (χ1) is 12.2. The van der Waals surface area contributed by atoms with Gasteiger partial charge >= 0.3 is 5.97 Å². The molecule has 0 spiro atoms. The van der Waals surface area contributed by atoms with Crippen molar-refractivity contribution in [3.63, 3.8) is 0 Å². The van der Waals surface area contributed by atoms with Gasteiger partial charge in [-0.25, -0.2) is 0 Å². The van der Waals surface area contributed by atoms with Gasteiger partial charge in [0.2, 0.25) is 5.89 Å². The largest absolute Gasteiger partial charge is 0.455 e. The predicted octanol–water partition coefficient (Wildman–Crippen LogP) is 4.74. The third-order valence-corrected chi connectivity index (χ3v) is 4.50. The zero-order valence-electron chi connectivity index (χ0n) is 13.7. The first-order valence-corrected chi connectivity index (χ1v) is 8.77. The quantitative estimate of drug-likeness (QED) is 0.559. The van der Waals surface area contributed by atoms with Gasteiger partial charge in [0.15, 0.2) is 6.61 Å². The Morgan fingerprint density at radius 2 is 1.84 bits per heavy atom. The maximum atomic E-state index is 12.4. The van der Waals surface area contributed by atoms with Crippen molar-refractivity contribution < 1.29 is 13.9 Å². The van der Waals surface area contributed by atoms with Crippen molar-refractivity contribution in [1.82, 2.24) is 10.2 Å². The number of nitrogens with zero attached hydrogens (tertiary/aromatic N) is 2. The molecule has 0 aliphatic rings. The van der Waals surface area contributed by atoms with E-state index in [1.165, 1.54) is 0 Å². The second-order valence-corrected chi connectivity index (χ2v) is 6.31. The van der Waals surface area contributed by atoms with Gasteiger partial charge in [-0.05, 0) is 40.0 Å². The van der Waals surface area contributed by atoms with E-state index in [4.69, 9.17) is 9.15 Å². The Labute approximate surface area is 154 Å². The lowest BCUT2D eigenvalue weighted by Gasteiger charge is -2.13. The van der Waals surface area contributed by atoms with E-state index in [1.54, 1.807) is 0 Å². The van der Waals surface area contributed by atoms with Crippen LogP contribution in [0.1, 0.15) is 30.7 Å². The number of rotatable bonds is 6. The van der Waals surface area contributed by atoms with Crippen molar-refractivity contribution in [1.29, 1.82) is 0 Å². The van der Waals surface area contributed by atoms with Crippen LogP contribution in [0.5, 0.6) is 0 Å². The van der Waals surface area contributed by atoms with Gasteiger partial charge in [0.05, 0.1) is 11.5 Å². The van der Waals surface area contributed by atoms with Gasteiger partial charge in [-0.2, -0.15) is 0 Å². The minimum Gasteiger partial charge on any atom is -0.455 e. The van der Waals surface area contributed by atoms with Crippen molar-refractivity contribution in [2.45, 2.75) is 25.9 Å². The van der Waals surface area contributed by atoms with Crippen LogP contribution in [0.15, 0.2) is 63.5 Å². The molecule has 0 bridgehead atoms. The highest BCUT2D eigenvalue weighted by atomic mass is 79.9. The smallest absolute Gasteiger partial charge is 0.313 e. The van der Waals surface area contributed by atoms with Gasteiger partial charge in [-0.15, -0.1) is 10.2 Å². The predicted molar refractivity (Wildman–Crippen MR) is 96.7 cm³/mol. The highest BCUT2D eigenvalue weighted by Gasteiger charge is 2.21. The Morgan fingerprint density at radius 1 is 1.12 bits per heavy atom. The molecule has 0 aliphatic carbocycles. The molecule has 1 heterocycles. The molecule has 2 aromatic carbocycles. The minimum absolute atomic E-state index is 0.0420. The van der Waals surface area contributed by atoms with Gasteiger partial charge in [-0.1, -0.05) is 49.4 Å². The summed E-state index contributed by atoms with van der Waals surface area (Å²) in [6, 6.07) is 17.1. The van der Waals surface area contributed by atoms with E-state index in [0.29, 0.717) is 12.3 Å². The molecule has 25 heavy (non-hydrogen) atoms. The van der Waals surface area contributed by atoms with E-state index >= 15 is 0 Å². The molecule has 128 valence electrons. The average Bonchev–Trinajstić information content (AvgIpc) is 3.11. The molecular weight excluding hydrogens is 384 g/mol. The third-order valence-electron chi connectivity index (χ3n) is 3.80. The maximum absolute atomic E-state index is 12.4. The number of halogens is 1. The minimum atomic E-state index is -0.299. The summed E-state index contributed by atoms with van der Waals surface area (Å²) in [7, 11) is 0. The van der Waals surface area contributed by atoms with Crippen molar-refractivity contribution in [3.8, 4) is 11.5 Å². The van der Waals surface area contributed by atoms with Crippen molar-refractivity contribution in [2.24, 2.45) is 0 Å². The standard InChI is InChI=1S/C19H17BrN2O3/c1-2-14(13-8-4-3-5-9-13)19(23)24-12-17-21-22-18(25-17)15-10-6-7-11-16(15)20/h3-11,14H,2,12H2,1H3/t14-/m1/s1. The number of carbonyl (C=O) groups is 1. The van der Waals surface area contributed by atoms with Gasteiger partial charge in [0, 0.05) is 4.47 Å². The van der Waals surface area contributed by atoms with Crippen LogP contribution in [0.25, 0.3) is 11.5 Å². The van der Waals surface area contributed by atoms with Gasteiger partial charge in [-0.3, -0.25) is 4.79 Å². The van der Waals surface area contributed by atoms with Crippen LogP contribution in [0.2, 0.25) is 0 Å². The molecule has 0 fully saturated rings. The summed E-state index contributed by atoms with van der Waals surface area (Å²) in [4.78, 5) is 12.4. The molecule has 0 radical (unpaired) electrons. The lowest BCUT2D eigenvalue weighted by molar-refractivity contribution is -0.147. The van der Waals surface area contributed by atoms with Crippen molar-refractivity contribution in [2.75, 3.05) is 0 Å². The molecule has 5 nitrogen and oxygen atoms in total. The summed E-state index contributed by atoms with van der Waals surface area (Å²) in [5, 5.41) is 7.96. The number of aromatic nitrogens is 2. The van der Waals surface area contributed by atoms with Crippen LogP contribution in [-0.4, -0.2) is 16.2 Å². The zero-order chi connectivity index (χ0) is 17.6. The zero-order valence-corrected chi connectivity index (χ0v) is 15.3. The van der Waals surface area contributed by atoms with E-state index in [2.05, 4.69) is 26.1 Å². The summed E-state index contributed by atoms with van der Waals surface area (Å²) in [5.41, 5.74) is 1.73. The molecule has 3 rings (SSSR count). The first kappa shape index (κ1) is 17.4. The van der Waals surface area contributed by atoms with Crippen LogP contribution in [-0.2, 0) is 16.1 Å². The molecule has 6 heteroatoms. The molecule has 0 aliphatic heterocycles. The van der Waals surface area contributed by atoms with Gasteiger partial charge in [0.1, 0.15) is 0 Å². The summed E-state index contributed by atoms with van der Waals surface area (Å²) < 4.78 is 11.8. The van der Waals surface area contributed by atoms with Crippen LogP contribution in [0, 0.1) is 0 Å². The van der Waals surface area contributed by atoms with E-state index in [1.807, 2.05) is 61.5 Å². The van der Waals surface area contributed by atoms with Gasteiger partial charge < -0.3 is 9.15 Å². The van der Waals surface area contributed by atoms with E-state index < -0.39 is 0 Å². The number of hydrogen-bond donors (Lipinski definition) is 0. The average molecular weight is 401 g/mol. The summed E-state index contributed by atoms with van der Waals surface area (Å²) in [6.07, 6.45) is 0.662. The molecule has 0 saturated carbocycles. The number of benzene rings is 2. The van der Waals surface area contributed by atoms with E-state index in [9.17, 15) is 4.79 Å². The number of carbonyl (C=O) groups excluding carboxylic acids is 1. The fourth-order valence-electron chi connectivity index (χ4n) is 2.51. The lowest BCUT2D eigenvalue weighted by atomic mass is 9.97. The fourth-order valence-corrected chi connectivity index (χ4v) is 2.97. The highest BCUT2D eigenvalue weighted by molar-refractivity contribution is 9.10. The topological polar surface area (TPSA) is 65.2 Å². The fraction of sp³-hybridized carbons (Fsp3) is 0.211. The van der Waals surface area contributed by atoms with E-state index in [0.717, 1.165) is 15.6 Å². The van der Waals surface area contributed by atoms with Crippen LogP contribution >= 0.6 is 15.9 Å². The maximum Gasteiger partial charge on any atom is 0.313 e. The monoisotopic (exact) mass is 400 g/mol. The molecule has 0 saturated heterocycles. The summed E-state index contributed by atoms with van der Waals surface area (Å²) in [5.74, 6) is 0.0526. The Kier molecular flexibility index (Phi) is 5.60. The van der Waals surface area contributed by atoms with E-state index in [-0.39, 0.29) is 24.4 Å².